The number of carbonyl (C=O) groups is 1. The maximum atomic E-state index is 12.7. The molecule has 1 heterocycles. The molecule has 146 valence electrons. The summed E-state index contributed by atoms with van der Waals surface area (Å²) < 4.78 is 26.8. The maximum Gasteiger partial charge on any atom is 0.243 e. The quantitative estimate of drug-likeness (QED) is 0.803. The lowest BCUT2D eigenvalue weighted by molar-refractivity contribution is -0.117. The zero-order chi connectivity index (χ0) is 20.1. The van der Waals surface area contributed by atoms with Crippen LogP contribution in [0.4, 0.5) is 5.69 Å². The second-order valence-electron chi connectivity index (χ2n) is 6.34. The van der Waals surface area contributed by atoms with Crippen molar-refractivity contribution in [2.75, 3.05) is 38.0 Å². The van der Waals surface area contributed by atoms with Gasteiger partial charge in [0.25, 0.3) is 0 Å². The number of nitriles is 1. The number of amides is 1. The molecule has 1 N–H and O–H groups in total. The van der Waals surface area contributed by atoms with Gasteiger partial charge in [-0.1, -0.05) is 23.7 Å². The monoisotopic (exact) mass is 418 g/mol. The van der Waals surface area contributed by atoms with Gasteiger partial charge in [-0.3, -0.25) is 9.69 Å². The van der Waals surface area contributed by atoms with Crippen LogP contribution in [0.5, 0.6) is 0 Å². The molecule has 1 amide bonds. The predicted molar refractivity (Wildman–Crippen MR) is 106 cm³/mol. The molecule has 0 unspecified atom stereocenters. The molecule has 2 aromatic rings. The Hall–Kier alpha value is -2.44. The van der Waals surface area contributed by atoms with Crippen molar-refractivity contribution in [3.63, 3.8) is 0 Å². The van der Waals surface area contributed by atoms with Gasteiger partial charge in [0.05, 0.1) is 22.7 Å². The van der Waals surface area contributed by atoms with E-state index in [4.69, 9.17) is 16.9 Å². The summed E-state index contributed by atoms with van der Waals surface area (Å²) in [5, 5.41) is 12.3. The number of hydrogen-bond donors (Lipinski definition) is 1. The predicted octanol–water partition coefficient (Wildman–Crippen LogP) is 2.16. The van der Waals surface area contributed by atoms with Gasteiger partial charge in [-0.15, -0.1) is 0 Å². The van der Waals surface area contributed by atoms with Crippen LogP contribution in [-0.2, 0) is 14.8 Å². The summed E-state index contributed by atoms with van der Waals surface area (Å²) in [4.78, 5) is 14.4. The Bertz CT molecular complexity index is 995. The van der Waals surface area contributed by atoms with Gasteiger partial charge in [0.15, 0.2) is 0 Å². The van der Waals surface area contributed by atoms with Crippen molar-refractivity contribution in [1.82, 2.24) is 9.21 Å². The van der Waals surface area contributed by atoms with E-state index in [0.29, 0.717) is 42.5 Å². The van der Waals surface area contributed by atoms with Crippen molar-refractivity contribution < 1.29 is 13.2 Å². The number of anilines is 1. The van der Waals surface area contributed by atoms with Crippen LogP contribution in [0.2, 0.25) is 5.02 Å². The van der Waals surface area contributed by atoms with E-state index >= 15 is 0 Å². The van der Waals surface area contributed by atoms with Gasteiger partial charge in [-0.2, -0.15) is 9.57 Å². The van der Waals surface area contributed by atoms with Crippen molar-refractivity contribution in [1.29, 1.82) is 5.26 Å². The van der Waals surface area contributed by atoms with Gasteiger partial charge in [0, 0.05) is 31.2 Å². The molecule has 1 saturated heterocycles. The number of benzene rings is 2. The minimum Gasteiger partial charge on any atom is -0.324 e. The van der Waals surface area contributed by atoms with E-state index in [1.165, 1.54) is 16.4 Å². The molecule has 0 spiro atoms. The fourth-order valence-electron chi connectivity index (χ4n) is 2.97. The number of sulfonamides is 1. The van der Waals surface area contributed by atoms with E-state index in [2.05, 4.69) is 5.32 Å². The van der Waals surface area contributed by atoms with Crippen molar-refractivity contribution in [3.8, 4) is 6.07 Å². The van der Waals surface area contributed by atoms with Gasteiger partial charge in [-0.05, 0) is 36.4 Å². The largest absolute Gasteiger partial charge is 0.324 e. The number of nitrogens with zero attached hydrogens (tertiary/aromatic N) is 3. The highest BCUT2D eigenvalue weighted by Crippen LogP contribution is 2.20. The van der Waals surface area contributed by atoms with Crippen molar-refractivity contribution in [2.45, 2.75) is 4.90 Å². The molecule has 0 saturated carbocycles. The number of nitrogens with one attached hydrogen (secondary N) is 1. The Morgan fingerprint density at radius 1 is 1.07 bits per heavy atom. The van der Waals surface area contributed by atoms with Crippen molar-refractivity contribution in [2.24, 2.45) is 0 Å². The number of hydrogen-bond acceptors (Lipinski definition) is 5. The van der Waals surface area contributed by atoms with Crippen LogP contribution in [0.3, 0.4) is 0 Å². The van der Waals surface area contributed by atoms with Crippen LogP contribution >= 0.6 is 11.6 Å². The molecule has 0 aliphatic carbocycles. The summed E-state index contributed by atoms with van der Waals surface area (Å²) in [6.45, 7) is 1.62. The summed E-state index contributed by atoms with van der Waals surface area (Å²) >= 11 is 5.82. The van der Waals surface area contributed by atoms with Crippen LogP contribution < -0.4 is 5.32 Å². The van der Waals surface area contributed by atoms with Gasteiger partial charge in [-0.25, -0.2) is 8.42 Å². The van der Waals surface area contributed by atoms with Crippen molar-refractivity contribution >= 4 is 33.2 Å². The Morgan fingerprint density at radius 3 is 2.36 bits per heavy atom. The third kappa shape index (κ3) is 4.69. The molecule has 7 nitrogen and oxygen atoms in total. The average Bonchev–Trinajstić information content (AvgIpc) is 2.69. The summed E-state index contributed by atoms with van der Waals surface area (Å²) in [5.74, 6) is -0.239. The second kappa shape index (κ2) is 8.71. The lowest BCUT2D eigenvalue weighted by Gasteiger charge is -2.33. The average molecular weight is 419 g/mol. The summed E-state index contributed by atoms with van der Waals surface area (Å²) in [5.41, 5.74) is 0.869. The van der Waals surface area contributed by atoms with E-state index in [1.54, 1.807) is 36.4 Å². The molecule has 9 heteroatoms. The topological polar surface area (TPSA) is 93.5 Å². The molecule has 2 aromatic carbocycles. The van der Waals surface area contributed by atoms with Gasteiger partial charge in [0.2, 0.25) is 15.9 Å². The Kier molecular flexibility index (Phi) is 6.31. The first-order valence-electron chi connectivity index (χ1n) is 8.67. The molecule has 0 atom stereocenters. The first-order valence-corrected chi connectivity index (χ1v) is 10.5. The number of halogens is 1. The lowest BCUT2D eigenvalue weighted by Crippen LogP contribution is -2.50. The molecule has 28 heavy (non-hydrogen) atoms. The molecule has 0 aromatic heterocycles. The molecular weight excluding hydrogens is 400 g/mol. The van der Waals surface area contributed by atoms with Crippen LogP contribution in [0, 0.1) is 11.3 Å². The highest BCUT2D eigenvalue weighted by atomic mass is 35.5. The summed E-state index contributed by atoms with van der Waals surface area (Å²) in [6, 6.07) is 14.9. The normalized spacial score (nSPS) is 15.7. The SMILES string of the molecule is N#Cc1ccccc1NC(=O)CN1CCN(S(=O)(=O)c2ccc(Cl)cc2)CC1. The summed E-state index contributed by atoms with van der Waals surface area (Å²) in [7, 11) is -3.58. The van der Waals surface area contributed by atoms with E-state index in [-0.39, 0.29) is 17.3 Å². The molecule has 1 fully saturated rings. The summed E-state index contributed by atoms with van der Waals surface area (Å²) in [6.07, 6.45) is 0. The number of piperazine rings is 1. The zero-order valence-corrected chi connectivity index (χ0v) is 16.6. The molecule has 0 bridgehead atoms. The van der Waals surface area contributed by atoms with Crippen LogP contribution in [-0.4, -0.2) is 56.3 Å². The molecule has 1 aliphatic rings. The standard InChI is InChI=1S/C19H19ClN4O3S/c20-16-5-7-17(8-6-16)28(26,27)24-11-9-23(10-12-24)14-19(25)22-18-4-2-1-3-15(18)13-21/h1-8H,9-12,14H2,(H,22,25). The van der Waals surface area contributed by atoms with E-state index in [1.807, 2.05) is 11.0 Å². The van der Waals surface area contributed by atoms with Gasteiger partial charge < -0.3 is 5.32 Å². The van der Waals surface area contributed by atoms with Crippen LogP contribution in [0.25, 0.3) is 0 Å². The highest BCUT2D eigenvalue weighted by molar-refractivity contribution is 7.89. The van der Waals surface area contributed by atoms with Crippen molar-refractivity contribution in [3.05, 3.63) is 59.1 Å². The third-order valence-corrected chi connectivity index (χ3v) is 6.64. The zero-order valence-electron chi connectivity index (χ0n) is 15.0. The first kappa shape index (κ1) is 20.3. The van der Waals surface area contributed by atoms with Gasteiger partial charge in [0.1, 0.15) is 6.07 Å². The van der Waals surface area contributed by atoms with E-state index < -0.39 is 10.0 Å². The second-order valence-corrected chi connectivity index (χ2v) is 8.71. The molecular formula is C19H19ClN4O3S. The minimum absolute atomic E-state index is 0.134. The molecule has 3 rings (SSSR count). The number of para-hydroxylation sites is 1. The van der Waals surface area contributed by atoms with Crippen LogP contribution in [0.15, 0.2) is 53.4 Å². The Morgan fingerprint density at radius 2 is 1.71 bits per heavy atom. The number of rotatable bonds is 5. The Balaban J connectivity index is 1.56. The smallest absolute Gasteiger partial charge is 0.243 e. The molecule has 0 radical (unpaired) electrons. The van der Waals surface area contributed by atoms with E-state index in [0.717, 1.165) is 0 Å². The Labute approximate surface area is 169 Å². The maximum absolute atomic E-state index is 12.7. The molecule has 1 aliphatic heterocycles. The minimum atomic E-state index is -3.58. The highest BCUT2D eigenvalue weighted by Gasteiger charge is 2.29. The first-order chi connectivity index (χ1) is 13.4. The van der Waals surface area contributed by atoms with Gasteiger partial charge >= 0.3 is 0 Å². The lowest BCUT2D eigenvalue weighted by atomic mass is 10.2. The fourth-order valence-corrected chi connectivity index (χ4v) is 4.51. The van der Waals surface area contributed by atoms with E-state index in [9.17, 15) is 13.2 Å². The van der Waals surface area contributed by atoms with Crippen LogP contribution in [0.1, 0.15) is 5.56 Å². The number of carbonyl (C=O) groups excluding carboxylic acids is 1. The fraction of sp³-hybridized carbons (Fsp3) is 0.263. The third-order valence-electron chi connectivity index (χ3n) is 4.47.